The van der Waals surface area contributed by atoms with Gasteiger partial charge in [-0.1, -0.05) is 6.07 Å². The van der Waals surface area contributed by atoms with Gasteiger partial charge in [-0.05, 0) is 45.0 Å². The van der Waals surface area contributed by atoms with Gasteiger partial charge in [0.15, 0.2) is 0 Å². The van der Waals surface area contributed by atoms with Crippen LogP contribution >= 0.6 is 0 Å². The molecule has 0 aliphatic carbocycles. The Kier molecular flexibility index (Phi) is 4.22. The van der Waals surface area contributed by atoms with Crippen molar-refractivity contribution in [2.45, 2.75) is 32.4 Å². The highest BCUT2D eigenvalue weighted by Crippen LogP contribution is 2.17. The lowest BCUT2D eigenvalue weighted by atomic mass is 10.0. The molecule has 0 saturated carbocycles. The van der Waals surface area contributed by atoms with E-state index in [0.717, 1.165) is 6.42 Å². The molecule has 1 heterocycles. The Morgan fingerprint density at radius 2 is 2.11 bits per heavy atom. The summed E-state index contributed by atoms with van der Waals surface area (Å²) in [5.74, 6) is 0. The van der Waals surface area contributed by atoms with Gasteiger partial charge in [0.25, 0.3) is 0 Å². The number of aromatic nitrogens is 2. The molecule has 1 unspecified atom stereocenters. The van der Waals surface area contributed by atoms with E-state index in [1.807, 2.05) is 17.9 Å². The quantitative estimate of drug-likeness (QED) is 0.891. The monoisotopic (exact) mass is 260 g/mol. The molecular weight excluding hydrogens is 236 g/mol. The summed E-state index contributed by atoms with van der Waals surface area (Å²) < 4.78 is 1.90. The number of likely N-dealkylation sites (N-methyl/N-ethyl adjacent to an activating group) is 1. The molecule has 0 fully saturated rings. The molecule has 2 aromatic rings. The first kappa shape index (κ1) is 14.0. The van der Waals surface area contributed by atoms with Crippen LogP contribution in [0.4, 0.5) is 0 Å². The van der Waals surface area contributed by atoms with Gasteiger partial charge in [-0.2, -0.15) is 5.10 Å². The molecule has 104 valence electrons. The fourth-order valence-corrected chi connectivity index (χ4v) is 2.43. The van der Waals surface area contributed by atoms with Crippen LogP contribution in [0.5, 0.6) is 0 Å². The van der Waals surface area contributed by atoms with Crippen molar-refractivity contribution in [1.82, 2.24) is 14.7 Å². The lowest BCUT2D eigenvalue weighted by Crippen LogP contribution is -2.43. The van der Waals surface area contributed by atoms with Crippen molar-refractivity contribution >= 4 is 10.9 Å². The third-order valence-corrected chi connectivity index (χ3v) is 3.94. The van der Waals surface area contributed by atoms with Crippen molar-refractivity contribution in [2.24, 2.45) is 12.8 Å². The summed E-state index contributed by atoms with van der Waals surface area (Å²) in [6.45, 7) is 5.08. The zero-order chi connectivity index (χ0) is 14.0. The Morgan fingerprint density at radius 3 is 2.74 bits per heavy atom. The molecule has 19 heavy (non-hydrogen) atoms. The predicted octanol–water partition coefficient (Wildman–Crippen LogP) is 1.78. The van der Waals surface area contributed by atoms with Crippen molar-refractivity contribution < 1.29 is 0 Å². The second kappa shape index (κ2) is 5.72. The summed E-state index contributed by atoms with van der Waals surface area (Å²) in [5, 5.41) is 5.48. The molecule has 1 aromatic carbocycles. The third-order valence-electron chi connectivity index (χ3n) is 3.94. The number of fused-ring (bicyclic) bond motifs is 1. The normalized spacial score (nSPS) is 13.6. The average Bonchev–Trinajstić information content (AvgIpc) is 2.76. The number of benzene rings is 1. The smallest absolute Gasteiger partial charge is 0.0679 e. The molecule has 0 aliphatic heterocycles. The minimum atomic E-state index is 0.383. The zero-order valence-corrected chi connectivity index (χ0v) is 12.3. The number of hydrogen-bond acceptors (Lipinski definition) is 3. The van der Waals surface area contributed by atoms with Gasteiger partial charge in [-0.15, -0.1) is 0 Å². The highest BCUT2D eigenvalue weighted by molar-refractivity contribution is 5.79. The third kappa shape index (κ3) is 2.96. The van der Waals surface area contributed by atoms with Crippen LogP contribution in [0.1, 0.15) is 19.4 Å². The number of nitrogens with zero attached hydrogens (tertiary/aromatic N) is 3. The molecular formula is C15H24N4. The minimum Gasteiger partial charge on any atom is -0.329 e. The molecule has 0 saturated heterocycles. The van der Waals surface area contributed by atoms with Crippen LogP contribution in [-0.2, 0) is 13.5 Å². The number of rotatable bonds is 5. The zero-order valence-electron chi connectivity index (χ0n) is 12.3. The Bertz CT molecular complexity index is 544. The standard InChI is InChI=1S/C15H24N4/c1-11(2)18(3)14(9-16)8-12-5-6-15-13(7-12)10-17-19(15)4/h5-7,10-11,14H,8-9,16H2,1-4H3. The second-order valence-electron chi connectivity index (χ2n) is 5.51. The van der Waals surface area contributed by atoms with Crippen molar-refractivity contribution in [1.29, 1.82) is 0 Å². The van der Waals surface area contributed by atoms with Crippen LogP contribution in [0.15, 0.2) is 24.4 Å². The summed E-state index contributed by atoms with van der Waals surface area (Å²) in [7, 11) is 4.11. The molecule has 4 nitrogen and oxygen atoms in total. The Morgan fingerprint density at radius 1 is 1.37 bits per heavy atom. The maximum Gasteiger partial charge on any atom is 0.0679 e. The summed E-state index contributed by atoms with van der Waals surface area (Å²) in [5.41, 5.74) is 8.41. The minimum absolute atomic E-state index is 0.383. The Labute approximate surface area is 115 Å². The molecule has 1 aromatic heterocycles. The summed E-state index contributed by atoms with van der Waals surface area (Å²) >= 11 is 0. The predicted molar refractivity (Wildman–Crippen MR) is 80.2 cm³/mol. The van der Waals surface area contributed by atoms with Gasteiger partial charge >= 0.3 is 0 Å². The highest BCUT2D eigenvalue weighted by atomic mass is 15.2. The molecule has 0 radical (unpaired) electrons. The lowest BCUT2D eigenvalue weighted by Gasteiger charge is -2.30. The topological polar surface area (TPSA) is 47.1 Å². The van der Waals surface area contributed by atoms with E-state index in [0.29, 0.717) is 18.6 Å². The first-order valence-corrected chi connectivity index (χ1v) is 6.85. The van der Waals surface area contributed by atoms with Crippen LogP contribution < -0.4 is 5.73 Å². The van der Waals surface area contributed by atoms with E-state index < -0.39 is 0 Å². The Balaban J connectivity index is 2.19. The molecule has 2 rings (SSSR count). The van der Waals surface area contributed by atoms with E-state index in [1.54, 1.807) is 0 Å². The second-order valence-corrected chi connectivity index (χ2v) is 5.51. The van der Waals surface area contributed by atoms with Crippen LogP contribution in [0, 0.1) is 0 Å². The number of aryl methyl sites for hydroxylation is 1. The average molecular weight is 260 g/mol. The van der Waals surface area contributed by atoms with Crippen LogP contribution in [0.3, 0.4) is 0 Å². The molecule has 2 N–H and O–H groups in total. The summed E-state index contributed by atoms with van der Waals surface area (Å²) in [6.07, 6.45) is 2.90. The van der Waals surface area contributed by atoms with Crippen molar-refractivity contribution in [3.63, 3.8) is 0 Å². The SMILES string of the molecule is CC(C)N(C)C(CN)Cc1ccc2c(cnn2C)c1. The molecule has 0 aliphatic rings. The number of nitrogens with two attached hydrogens (primary N) is 1. The largest absolute Gasteiger partial charge is 0.329 e. The van der Waals surface area contributed by atoms with Crippen LogP contribution in [0.25, 0.3) is 10.9 Å². The molecule has 1 atom stereocenters. The summed E-state index contributed by atoms with van der Waals surface area (Å²) in [4.78, 5) is 2.34. The van der Waals surface area contributed by atoms with Gasteiger partial charge in [-0.25, -0.2) is 0 Å². The molecule has 0 spiro atoms. The molecule has 4 heteroatoms. The van der Waals surface area contributed by atoms with Crippen molar-refractivity contribution in [3.05, 3.63) is 30.0 Å². The van der Waals surface area contributed by atoms with Gasteiger partial charge in [0.05, 0.1) is 11.7 Å². The first-order chi connectivity index (χ1) is 9.02. The fourth-order valence-electron chi connectivity index (χ4n) is 2.43. The fraction of sp³-hybridized carbons (Fsp3) is 0.533. The van der Waals surface area contributed by atoms with Gasteiger partial charge in [0.2, 0.25) is 0 Å². The Hall–Kier alpha value is -1.39. The van der Waals surface area contributed by atoms with Crippen molar-refractivity contribution in [2.75, 3.05) is 13.6 Å². The lowest BCUT2D eigenvalue weighted by molar-refractivity contribution is 0.198. The maximum atomic E-state index is 5.92. The van der Waals surface area contributed by atoms with Gasteiger partial charge < -0.3 is 5.73 Å². The maximum absolute atomic E-state index is 5.92. The van der Waals surface area contributed by atoms with E-state index in [1.165, 1.54) is 16.5 Å². The molecule has 0 bridgehead atoms. The summed E-state index contributed by atoms with van der Waals surface area (Å²) in [6, 6.07) is 7.44. The van der Waals surface area contributed by atoms with Crippen LogP contribution in [0.2, 0.25) is 0 Å². The van der Waals surface area contributed by atoms with Gasteiger partial charge in [0, 0.05) is 31.1 Å². The van der Waals surface area contributed by atoms with Crippen molar-refractivity contribution in [3.8, 4) is 0 Å². The van der Waals surface area contributed by atoms with E-state index in [4.69, 9.17) is 5.73 Å². The van der Waals surface area contributed by atoms with E-state index in [-0.39, 0.29) is 0 Å². The number of hydrogen-bond donors (Lipinski definition) is 1. The van der Waals surface area contributed by atoms with E-state index >= 15 is 0 Å². The molecule has 0 amide bonds. The van der Waals surface area contributed by atoms with E-state index in [2.05, 4.69) is 49.1 Å². The van der Waals surface area contributed by atoms with Gasteiger partial charge in [-0.3, -0.25) is 9.58 Å². The highest BCUT2D eigenvalue weighted by Gasteiger charge is 2.16. The van der Waals surface area contributed by atoms with Crippen LogP contribution in [-0.4, -0.2) is 40.4 Å². The first-order valence-electron chi connectivity index (χ1n) is 6.85. The van der Waals surface area contributed by atoms with E-state index in [9.17, 15) is 0 Å². The van der Waals surface area contributed by atoms with Gasteiger partial charge in [0.1, 0.15) is 0 Å².